The highest BCUT2D eigenvalue weighted by molar-refractivity contribution is 5.79. The summed E-state index contributed by atoms with van der Waals surface area (Å²) in [7, 11) is 0. The van der Waals surface area contributed by atoms with Gasteiger partial charge in [0, 0.05) is 32.6 Å². The Hall–Kier alpha value is -2.77. The van der Waals surface area contributed by atoms with Crippen LogP contribution < -0.4 is 20.1 Å². The first-order chi connectivity index (χ1) is 13.7. The molecule has 152 valence electrons. The van der Waals surface area contributed by atoms with E-state index in [0.717, 1.165) is 62.3 Å². The lowest BCUT2D eigenvalue weighted by Crippen LogP contribution is -2.40. The molecule has 1 aromatic heterocycles. The largest absolute Gasteiger partial charge is 0.454 e. The van der Waals surface area contributed by atoms with E-state index in [9.17, 15) is 0 Å². The number of nitrogens with one attached hydrogen (secondary N) is 2. The normalized spacial score (nSPS) is 13.2. The Balaban J connectivity index is 1.49. The molecule has 0 bridgehead atoms. The number of aromatic nitrogens is 3. The summed E-state index contributed by atoms with van der Waals surface area (Å²) < 4.78 is 12.9. The van der Waals surface area contributed by atoms with Gasteiger partial charge in [0.15, 0.2) is 17.5 Å². The molecule has 8 heteroatoms. The molecule has 0 atom stereocenters. The van der Waals surface area contributed by atoms with E-state index in [4.69, 9.17) is 9.47 Å². The van der Waals surface area contributed by atoms with E-state index in [1.54, 1.807) is 6.33 Å². The van der Waals surface area contributed by atoms with Crippen molar-refractivity contribution < 1.29 is 9.47 Å². The first-order valence-electron chi connectivity index (χ1n) is 9.93. The Morgan fingerprint density at radius 1 is 1.21 bits per heavy atom. The minimum Gasteiger partial charge on any atom is -0.454 e. The van der Waals surface area contributed by atoms with Crippen LogP contribution in [-0.4, -0.2) is 47.2 Å². The minimum absolute atomic E-state index is 0.305. The van der Waals surface area contributed by atoms with Crippen LogP contribution in [0.25, 0.3) is 0 Å². The Labute approximate surface area is 166 Å². The molecule has 2 heterocycles. The Bertz CT molecular complexity index is 787. The minimum atomic E-state index is 0.305. The van der Waals surface area contributed by atoms with Crippen LogP contribution in [-0.2, 0) is 19.4 Å². The van der Waals surface area contributed by atoms with Gasteiger partial charge >= 0.3 is 0 Å². The fraction of sp³-hybridized carbons (Fsp3) is 0.550. The standard InChI is InChI=1S/C20H30N6O2/c1-4-19-25-24-13-26(19)10-9-22-20(23-12-15(2)3)21-8-7-16-5-6-17-18(11-16)28-14-27-17/h5-6,11,13,15H,4,7-10,12,14H2,1-3H3,(H2,21,22,23). The molecule has 0 spiro atoms. The highest BCUT2D eigenvalue weighted by Crippen LogP contribution is 2.32. The molecule has 1 aliphatic heterocycles. The van der Waals surface area contributed by atoms with Gasteiger partial charge in [0.05, 0.1) is 0 Å². The van der Waals surface area contributed by atoms with Crippen molar-refractivity contribution in [2.45, 2.75) is 40.2 Å². The van der Waals surface area contributed by atoms with Crippen LogP contribution in [0.1, 0.15) is 32.2 Å². The van der Waals surface area contributed by atoms with E-state index >= 15 is 0 Å². The number of hydrogen-bond donors (Lipinski definition) is 2. The quantitative estimate of drug-likeness (QED) is 0.506. The van der Waals surface area contributed by atoms with Gasteiger partial charge in [0.2, 0.25) is 6.79 Å². The van der Waals surface area contributed by atoms with Crippen molar-refractivity contribution in [1.82, 2.24) is 25.4 Å². The maximum absolute atomic E-state index is 5.45. The number of ether oxygens (including phenoxy) is 2. The molecule has 0 saturated heterocycles. The van der Waals surface area contributed by atoms with E-state index in [1.165, 1.54) is 5.56 Å². The van der Waals surface area contributed by atoms with Gasteiger partial charge in [-0.25, -0.2) is 0 Å². The summed E-state index contributed by atoms with van der Waals surface area (Å²) in [6.45, 7) is 9.86. The molecule has 2 aromatic rings. The number of aliphatic imine (C=N–C) groups is 1. The molecule has 28 heavy (non-hydrogen) atoms. The molecule has 0 aliphatic carbocycles. The summed E-state index contributed by atoms with van der Waals surface area (Å²) in [5.74, 6) is 3.98. The molecule has 0 fully saturated rings. The maximum atomic E-state index is 5.45. The molecule has 0 saturated carbocycles. The summed E-state index contributed by atoms with van der Waals surface area (Å²) in [5, 5.41) is 14.9. The van der Waals surface area contributed by atoms with Gasteiger partial charge in [-0.3, -0.25) is 4.99 Å². The molecule has 2 N–H and O–H groups in total. The zero-order valence-corrected chi connectivity index (χ0v) is 16.9. The van der Waals surface area contributed by atoms with Crippen LogP contribution in [0.2, 0.25) is 0 Å². The van der Waals surface area contributed by atoms with Gasteiger partial charge in [-0.1, -0.05) is 26.8 Å². The first-order valence-corrected chi connectivity index (χ1v) is 9.93. The first kappa shape index (κ1) is 20.0. The average molecular weight is 387 g/mol. The molecule has 1 aliphatic rings. The van der Waals surface area contributed by atoms with Crippen molar-refractivity contribution in [1.29, 1.82) is 0 Å². The Morgan fingerprint density at radius 2 is 2.04 bits per heavy atom. The van der Waals surface area contributed by atoms with E-state index in [2.05, 4.69) is 57.2 Å². The number of guanidine groups is 1. The Morgan fingerprint density at radius 3 is 2.86 bits per heavy atom. The zero-order valence-electron chi connectivity index (χ0n) is 16.9. The number of aryl methyl sites for hydroxylation is 1. The molecule has 3 rings (SSSR count). The summed E-state index contributed by atoms with van der Waals surface area (Å²) in [4.78, 5) is 4.68. The second-order valence-corrected chi connectivity index (χ2v) is 7.17. The summed E-state index contributed by atoms with van der Waals surface area (Å²) in [5.41, 5.74) is 1.21. The zero-order chi connectivity index (χ0) is 19.8. The third kappa shape index (κ3) is 5.61. The van der Waals surface area contributed by atoms with Crippen molar-refractivity contribution in [3.63, 3.8) is 0 Å². The smallest absolute Gasteiger partial charge is 0.231 e. The SMILES string of the molecule is CCc1nncn1CCNC(=NCC(C)C)NCCc1ccc2c(c1)OCO2. The van der Waals surface area contributed by atoms with Gasteiger partial charge in [-0.2, -0.15) is 0 Å². The molecular formula is C20H30N6O2. The lowest BCUT2D eigenvalue weighted by atomic mass is 10.1. The van der Waals surface area contributed by atoms with Crippen LogP contribution in [0.15, 0.2) is 29.5 Å². The Kier molecular flexibility index (Phi) is 7.11. The fourth-order valence-electron chi connectivity index (χ4n) is 2.90. The van der Waals surface area contributed by atoms with Gasteiger partial charge in [0.25, 0.3) is 0 Å². The predicted molar refractivity (Wildman–Crippen MR) is 109 cm³/mol. The number of benzene rings is 1. The van der Waals surface area contributed by atoms with Gasteiger partial charge in [0.1, 0.15) is 12.2 Å². The predicted octanol–water partition coefficient (Wildman–Crippen LogP) is 2.00. The number of rotatable bonds is 9. The maximum Gasteiger partial charge on any atom is 0.231 e. The van der Waals surface area contributed by atoms with Crippen LogP contribution in [0.3, 0.4) is 0 Å². The highest BCUT2D eigenvalue weighted by atomic mass is 16.7. The fourth-order valence-corrected chi connectivity index (χ4v) is 2.90. The summed E-state index contributed by atoms with van der Waals surface area (Å²) in [6, 6.07) is 6.08. The molecule has 8 nitrogen and oxygen atoms in total. The molecular weight excluding hydrogens is 356 g/mol. The van der Waals surface area contributed by atoms with E-state index in [1.807, 2.05) is 12.1 Å². The van der Waals surface area contributed by atoms with Crippen molar-refractivity contribution in [2.75, 3.05) is 26.4 Å². The second-order valence-electron chi connectivity index (χ2n) is 7.17. The monoisotopic (exact) mass is 386 g/mol. The summed E-state index contributed by atoms with van der Waals surface area (Å²) >= 11 is 0. The third-order valence-electron chi connectivity index (χ3n) is 4.41. The van der Waals surface area contributed by atoms with Crippen molar-refractivity contribution in [3.05, 3.63) is 35.9 Å². The van der Waals surface area contributed by atoms with E-state index in [0.29, 0.717) is 12.7 Å². The molecule has 0 radical (unpaired) electrons. The lowest BCUT2D eigenvalue weighted by molar-refractivity contribution is 0.174. The average Bonchev–Trinajstić information content (AvgIpc) is 3.33. The van der Waals surface area contributed by atoms with Crippen molar-refractivity contribution in [2.24, 2.45) is 10.9 Å². The highest BCUT2D eigenvalue weighted by Gasteiger charge is 2.13. The van der Waals surface area contributed by atoms with Crippen LogP contribution in [0, 0.1) is 5.92 Å². The van der Waals surface area contributed by atoms with Gasteiger partial charge < -0.3 is 24.7 Å². The number of nitrogens with zero attached hydrogens (tertiary/aromatic N) is 4. The van der Waals surface area contributed by atoms with Crippen LogP contribution in [0.4, 0.5) is 0 Å². The van der Waals surface area contributed by atoms with E-state index in [-0.39, 0.29) is 0 Å². The van der Waals surface area contributed by atoms with E-state index < -0.39 is 0 Å². The van der Waals surface area contributed by atoms with Crippen molar-refractivity contribution in [3.8, 4) is 11.5 Å². The van der Waals surface area contributed by atoms with Crippen LogP contribution >= 0.6 is 0 Å². The molecule has 1 aromatic carbocycles. The lowest BCUT2D eigenvalue weighted by Gasteiger charge is -2.14. The molecule has 0 unspecified atom stereocenters. The summed E-state index contributed by atoms with van der Waals surface area (Å²) in [6.07, 6.45) is 3.53. The number of hydrogen-bond acceptors (Lipinski definition) is 5. The second kappa shape index (κ2) is 9.96. The van der Waals surface area contributed by atoms with Gasteiger partial charge in [-0.05, 0) is 30.0 Å². The topological polar surface area (TPSA) is 85.6 Å². The molecule has 0 amide bonds. The van der Waals surface area contributed by atoms with Crippen molar-refractivity contribution >= 4 is 5.96 Å². The number of fused-ring (bicyclic) bond motifs is 1. The van der Waals surface area contributed by atoms with Crippen LogP contribution in [0.5, 0.6) is 11.5 Å². The van der Waals surface area contributed by atoms with Gasteiger partial charge in [-0.15, -0.1) is 10.2 Å². The third-order valence-corrected chi connectivity index (χ3v) is 4.41.